The lowest BCUT2D eigenvalue weighted by molar-refractivity contribution is 0.0696. The van der Waals surface area contributed by atoms with E-state index in [4.69, 9.17) is 5.11 Å². The van der Waals surface area contributed by atoms with Crippen molar-refractivity contribution < 1.29 is 14.7 Å². The van der Waals surface area contributed by atoms with Crippen LogP contribution in [0.25, 0.3) is 0 Å². The first-order valence-electron chi connectivity index (χ1n) is 7.54. The molecule has 2 heterocycles. The maximum atomic E-state index is 12.2. The number of H-pyrrole nitrogens is 1. The van der Waals surface area contributed by atoms with Crippen LogP contribution in [0.3, 0.4) is 0 Å². The van der Waals surface area contributed by atoms with E-state index in [-0.39, 0.29) is 23.4 Å². The van der Waals surface area contributed by atoms with Gasteiger partial charge in [0.2, 0.25) is 0 Å². The molecule has 1 amide bonds. The third-order valence-corrected chi connectivity index (χ3v) is 3.63. The molecule has 0 saturated heterocycles. The zero-order valence-corrected chi connectivity index (χ0v) is 13.4. The molecular formula is C16H18N4O4. The molecule has 0 bridgehead atoms. The van der Waals surface area contributed by atoms with Crippen LogP contribution in [0.15, 0.2) is 23.1 Å². The largest absolute Gasteiger partial charge is 0.478 e. The Hall–Kier alpha value is -3.03. The van der Waals surface area contributed by atoms with Gasteiger partial charge in [-0.05, 0) is 30.5 Å². The molecule has 2 aromatic heterocycles. The molecule has 8 nitrogen and oxygen atoms in total. The van der Waals surface area contributed by atoms with Gasteiger partial charge in [0, 0.05) is 18.3 Å². The highest BCUT2D eigenvalue weighted by Crippen LogP contribution is 2.10. The van der Waals surface area contributed by atoms with E-state index in [9.17, 15) is 14.4 Å². The van der Waals surface area contributed by atoms with Gasteiger partial charge in [0.15, 0.2) is 0 Å². The van der Waals surface area contributed by atoms with Gasteiger partial charge in [0.25, 0.3) is 11.5 Å². The number of carbonyl (C=O) groups is 2. The zero-order chi connectivity index (χ0) is 17.7. The van der Waals surface area contributed by atoms with E-state index in [0.29, 0.717) is 18.4 Å². The van der Waals surface area contributed by atoms with Gasteiger partial charge in [-0.2, -0.15) is 5.10 Å². The van der Waals surface area contributed by atoms with Crippen LogP contribution >= 0.6 is 0 Å². The number of carboxylic acid groups (broad SMARTS) is 1. The summed E-state index contributed by atoms with van der Waals surface area (Å²) in [6.07, 6.45) is 2.55. The molecule has 8 heteroatoms. The second-order valence-corrected chi connectivity index (χ2v) is 5.08. The van der Waals surface area contributed by atoms with Gasteiger partial charge < -0.3 is 10.4 Å². The summed E-state index contributed by atoms with van der Waals surface area (Å²) >= 11 is 0. The first kappa shape index (κ1) is 17.3. The summed E-state index contributed by atoms with van der Waals surface area (Å²) in [6, 6.07) is 2.49. The molecule has 0 aromatic carbocycles. The summed E-state index contributed by atoms with van der Waals surface area (Å²) < 4.78 is 0. The van der Waals surface area contributed by atoms with Crippen molar-refractivity contribution in [2.24, 2.45) is 0 Å². The molecule has 2 aromatic rings. The first-order chi connectivity index (χ1) is 11.5. The van der Waals surface area contributed by atoms with E-state index < -0.39 is 11.9 Å². The van der Waals surface area contributed by atoms with Crippen LogP contribution in [0.5, 0.6) is 0 Å². The Balaban J connectivity index is 2.22. The Morgan fingerprint density at radius 1 is 1.25 bits per heavy atom. The van der Waals surface area contributed by atoms with Gasteiger partial charge in [0.05, 0.1) is 11.3 Å². The lowest BCUT2D eigenvalue weighted by Gasteiger charge is -2.11. The van der Waals surface area contributed by atoms with E-state index in [1.807, 2.05) is 13.8 Å². The van der Waals surface area contributed by atoms with Gasteiger partial charge in [0.1, 0.15) is 5.69 Å². The van der Waals surface area contributed by atoms with E-state index in [0.717, 1.165) is 11.3 Å². The molecule has 3 N–H and O–H groups in total. The normalized spacial score (nSPS) is 10.4. The highest BCUT2D eigenvalue weighted by Gasteiger charge is 2.15. The molecule has 0 spiro atoms. The second-order valence-electron chi connectivity index (χ2n) is 5.08. The molecule has 0 saturated carbocycles. The third-order valence-electron chi connectivity index (χ3n) is 3.63. The van der Waals surface area contributed by atoms with Crippen molar-refractivity contribution in [3.05, 3.63) is 56.8 Å². The topological polar surface area (TPSA) is 125 Å². The summed E-state index contributed by atoms with van der Waals surface area (Å²) in [5.74, 6) is -1.69. The van der Waals surface area contributed by atoms with Crippen molar-refractivity contribution in [1.82, 2.24) is 20.5 Å². The van der Waals surface area contributed by atoms with Crippen LogP contribution in [0.1, 0.15) is 51.5 Å². The van der Waals surface area contributed by atoms with Gasteiger partial charge in [-0.1, -0.05) is 13.8 Å². The van der Waals surface area contributed by atoms with E-state index in [1.165, 1.54) is 18.3 Å². The molecule has 0 aliphatic rings. The summed E-state index contributed by atoms with van der Waals surface area (Å²) in [5, 5.41) is 18.0. The maximum absolute atomic E-state index is 12.2. The van der Waals surface area contributed by atoms with Gasteiger partial charge in [-0.25, -0.2) is 9.89 Å². The average molecular weight is 330 g/mol. The lowest BCUT2D eigenvalue weighted by atomic mass is 10.0. The van der Waals surface area contributed by atoms with E-state index in [2.05, 4.69) is 20.5 Å². The van der Waals surface area contributed by atoms with Crippen molar-refractivity contribution in [1.29, 1.82) is 0 Å². The summed E-state index contributed by atoms with van der Waals surface area (Å²) in [7, 11) is 0. The standard InChI is InChI=1S/C16H18N4O4/c1-3-10-11(14(21)20-19-12(10)4-2)8-18-15(22)13-7-9(16(23)24)5-6-17-13/h5-7H,3-4,8H2,1-2H3,(H,18,22)(H,20,21)(H,23,24). The van der Waals surface area contributed by atoms with Crippen LogP contribution in [-0.4, -0.2) is 32.2 Å². The fourth-order valence-electron chi connectivity index (χ4n) is 2.41. The third kappa shape index (κ3) is 3.65. The molecule has 0 unspecified atom stereocenters. The number of rotatable bonds is 6. The number of aromatic amines is 1. The Kier molecular flexibility index (Phi) is 5.41. The number of aryl methyl sites for hydroxylation is 1. The molecule has 24 heavy (non-hydrogen) atoms. The first-order valence-corrected chi connectivity index (χ1v) is 7.54. The minimum Gasteiger partial charge on any atom is -0.478 e. The molecule has 126 valence electrons. The number of carboxylic acids is 1. The minimum atomic E-state index is -1.14. The molecule has 0 aliphatic carbocycles. The number of nitrogens with one attached hydrogen (secondary N) is 2. The zero-order valence-electron chi connectivity index (χ0n) is 13.4. The van der Waals surface area contributed by atoms with Crippen LogP contribution in [-0.2, 0) is 19.4 Å². The van der Waals surface area contributed by atoms with Crippen LogP contribution in [0.2, 0.25) is 0 Å². The summed E-state index contributed by atoms with van der Waals surface area (Å²) in [4.78, 5) is 39.0. The lowest BCUT2D eigenvalue weighted by Crippen LogP contribution is -2.30. The predicted molar refractivity (Wildman–Crippen MR) is 86.0 cm³/mol. The van der Waals surface area contributed by atoms with Crippen molar-refractivity contribution in [3.63, 3.8) is 0 Å². The average Bonchev–Trinajstić information content (AvgIpc) is 2.60. The summed E-state index contributed by atoms with van der Waals surface area (Å²) in [5.41, 5.74) is 1.65. The quantitative estimate of drug-likeness (QED) is 0.723. The highest BCUT2D eigenvalue weighted by atomic mass is 16.4. The Morgan fingerprint density at radius 3 is 2.62 bits per heavy atom. The van der Waals surface area contributed by atoms with Gasteiger partial charge in [-0.15, -0.1) is 0 Å². The van der Waals surface area contributed by atoms with E-state index >= 15 is 0 Å². The SMILES string of the molecule is CCc1n[nH]c(=O)c(CNC(=O)c2cc(C(=O)O)ccn2)c1CC. The highest BCUT2D eigenvalue weighted by molar-refractivity contribution is 5.95. The minimum absolute atomic E-state index is 0.0193. The predicted octanol–water partition coefficient (Wildman–Crippen LogP) is 0.918. The van der Waals surface area contributed by atoms with Gasteiger partial charge >= 0.3 is 5.97 Å². The second kappa shape index (κ2) is 7.49. The smallest absolute Gasteiger partial charge is 0.335 e. The monoisotopic (exact) mass is 330 g/mol. The maximum Gasteiger partial charge on any atom is 0.335 e. The molecule has 0 radical (unpaired) electrons. The van der Waals surface area contributed by atoms with Crippen molar-refractivity contribution in [3.8, 4) is 0 Å². The number of nitrogens with zero attached hydrogens (tertiary/aromatic N) is 2. The molecule has 0 fully saturated rings. The number of carbonyl (C=O) groups excluding carboxylic acids is 1. The van der Waals surface area contributed by atoms with Crippen molar-refractivity contribution in [2.45, 2.75) is 33.2 Å². The summed E-state index contributed by atoms with van der Waals surface area (Å²) in [6.45, 7) is 3.87. The van der Waals surface area contributed by atoms with E-state index in [1.54, 1.807) is 0 Å². The molecular weight excluding hydrogens is 312 g/mol. The van der Waals surface area contributed by atoms with Gasteiger partial charge in [-0.3, -0.25) is 14.6 Å². The number of aromatic nitrogens is 3. The molecule has 2 rings (SSSR count). The van der Waals surface area contributed by atoms with Crippen LogP contribution < -0.4 is 10.9 Å². The molecule has 0 aliphatic heterocycles. The number of pyridine rings is 1. The fourth-order valence-corrected chi connectivity index (χ4v) is 2.41. The van der Waals surface area contributed by atoms with Crippen LogP contribution in [0.4, 0.5) is 0 Å². The van der Waals surface area contributed by atoms with Crippen LogP contribution in [0, 0.1) is 0 Å². The number of hydrogen-bond acceptors (Lipinski definition) is 5. The Labute approximate surface area is 137 Å². The van der Waals surface area contributed by atoms with Crippen molar-refractivity contribution >= 4 is 11.9 Å². The van der Waals surface area contributed by atoms with Crippen molar-refractivity contribution in [2.75, 3.05) is 0 Å². The molecule has 0 atom stereocenters. The Morgan fingerprint density at radius 2 is 2.00 bits per heavy atom. The Bertz CT molecular complexity index is 829. The fraction of sp³-hybridized carbons (Fsp3) is 0.312. The number of hydrogen-bond donors (Lipinski definition) is 3. The number of amides is 1. The number of aromatic carboxylic acids is 1.